The Hall–Kier alpha value is -0.690. The molecule has 0 saturated carbocycles. The zero-order valence-electron chi connectivity index (χ0n) is 11.4. The summed E-state index contributed by atoms with van der Waals surface area (Å²) in [5, 5.41) is 3.35. The van der Waals surface area contributed by atoms with Crippen LogP contribution in [0.2, 0.25) is 0 Å². The molecule has 0 aliphatic carbocycles. The van der Waals surface area contributed by atoms with Crippen LogP contribution in [0.3, 0.4) is 0 Å². The number of nitrogens with one attached hydrogen (secondary N) is 1. The van der Waals surface area contributed by atoms with Crippen molar-refractivity contribution in [3.05, 3.63) is 45.7 Å². The van der Waals surface area contributed by atoms with Gasteiger partial charge in [-0.25, -0.2) is 8.42 Å². The molecule has 0 bridgehead atoms. The average molecular weight is 386 g/mol. The van der Waals surface area contributed by atoms with Crippen LogP contribution in [-0.4, -0.2) is 26.0 Å². The summed E-state index contributed by atoms with van der Waals surface area (Å²) in [5.41, 5.74) is 1.21. The number of benzene rings is 1. The second kappa shape index (κ2) is 6.20. The zero-order chi connectivity index (χ0) is 14.9. The van der Waals surface area contributed by atoms with Crippen molar-refractivity contribution in [2.24, 2.45) is 0 Å². The minimum Gasteiger partial charge on any atom is -0.308 e. The molecule has 2 heterocycles. The maximum absolute atomic E-state index is 11.4. The van der Waals surface area contributed by atoms with Crippen LogP contribution >= 0.6 is 27.3 Å². The number of thiophene rings is 1. The van der Waals surface area contributed by atoms with Crippen molar-refractivity contribution in [1.82, 2.24) is 5.32 Å². The van der Waals surface area contributed by atoms with Crippen molar-refractivity contribution < 1.29 is 8.42 Å². The van der Waals surface area contributed by atoms with Gasteiger partial charge in [-0.05, 0) is 36.2 Å². The third-order valence-electron chi connectivity index (χ3n) is 3.59. The lowest BCUT2D eigenvalue weighted by Gasteiger charge is -2.08. The van der Waals surface area contributed by atoms with E-state index in [0.29, 0.717) is 5.75 Å². The van der Waals surface area contributed by atoms with E-state index in [9.17, 15) is 8.42 Å². The first-order valence-electron chi connectivity index (χ1n) is 6.80. The van der Waals surface area contributed by atoms with E-state index in [0.717, 1.165) is 17.4 Å². The zero-order valence-corrected chi connectivity index (χ0v) is 14.6. The van der Waals surface area contributed by atoms with Gasteiger partial charge in [0.1, 0.15) is 0 Å². The van der Waals surface area contributed by atoms with E-state index in [1.807, 2.05) is 12.1 Å². The van der Waals surface area contributed by atoms with Crippen molar-refractivity contribution in [3.8, 4) is 10.4 Å². The van der Waals surface area contributed by atoms with Crippen molar-refractivity contribution in [1.29, 1.82) is 0 Å². The molecule has 1 saturated heterocycles. The van der Waals surface area contributed by atoms with Gasteiger partial charge >= 0.3 is 0 Å². The van der Waals surface area contributed by atoms with E-state index in [1.165, 1.54) is 15.3 Å². The SMILES string of the molecule is O=S1(=O)CCC(NCc2ccc(-c3ccc(Br)cc3)s2)C1. The summed E-state index contributed by atoms with van der Waals surface area (Å²) in [4.78, 5) is 2.47. The van der Waals surface area contributed by atoms with Crippen molar-refractivity contribution in [3.63, 3.8) is 0 Å². The van der Waals surface area contributed by atoms with Crippen LogP contribution in [0.25, 0.3) is 10.4 Å². The fraction of sp³-hybridized carbons (Fsp3) is 0.333. The van der Waals surface area contributed by atoms with E-state index < -0.39 is 9.84 Å². The van der Waals surface area contributed by atoms with Crippen LogP contribution in [0.5, 0.6) is 0 Å². The van der Waals surface area contributed by atoms with E-state index in [2.05, 4.69) is 45.5 Å². The second-order valence-electron chi connectivity index (χ2n) is 5.25. The highest BCUT2D eigenvalue weighted by atomic mass is 79.9. The Labute approximate surface area is 137 Å². The summed E-state index contributed by atoms with van der Waals surface area (Å²) in [5.74, 6) is 0.594. The number of sulfone groups is 1. The van der Waals surface area contributed by atoms with Crippen LogP contribution in [0, 0.1) is 0 Å². The first-order chi connectivity index (χ1) is 10.0. The monoisotopic (exact) mass is 385 g/mol. The molecule has 1 aromatic carbocycles. The molecular weight excluding hydrogens is 370 g/mol. The van der Waals surface area contributed by atoms with Crippen LogP contribution in [0.4, 0.5) is 0 Å². The Morgan fingerprint density at radius 1 is 1.19 bits per heavy atom. The maximum Gasteiger partial charge on any atom is 0.151 e. The largest absolute Gasteiger partial charge is 0.308 e. The molecule has 1 N–H and O–H groups in total. The Balaban J connectivity index is 1.62. The van der Waals surface area contributed by atoms with Gasteiger partial charge in [0.25, 0.3) is 0 Å². The normalized spacial score (nSPS) is 20.7. The second-order valence-corrected chi connectivity index (χ2v) is 9.57. The standard InChI is InChI=1S/C15H16BrNO2S2/c16-12-3-1-11(2-4-12)15-6-5-14(20-15)9-17-13-7-8-21(18,19)10-13/h1-6,13,17H,7-10H2. The fourth-order valence-corrected chi connectivity index (χ4v) is 5.38. The molecule has 6 heteroatoms. The molecule has 1 fully saturated rings. The fourth-order valence-electron chi connectivity index (χ4n) is 2.44. The molecule has 1 aliphatic heterocycles. The van der Waals surface area contributed by atoms with E-state index >= 15 is 0 Å². The van der Waals surface area contributed by atoms with Gasteiger partial charge in [0.15, 0.2) is 9.84 Å². The molecule has 112 valence electrons. The van der Waals surface area contributed by atoms with Crippen LogP contribution in [-0.2, 0) is 16.4 Å². The summed E-state index contributed by atoms with van der Waals surface area (Å²) in [7, 11) is -2.81. The highest BCUT2D eigenvalue weighted by Crippen LogP contribution is 2.29. The van der Waals surface area contributed by atoms with Gasteiger partial charge in [-0.1, -0.05) is 28.1 Å². The molecule has 1 aliphatic rings. The average Bonchev–Trinajstić information content (AvgIpc) is 3.04. The van der Waals surface area contributed by atoms with Crippen LogP contribution < -0.4 is 5.32 Å². The van der Waals surface area contributed by atoms with Crippen molar-refractivity contribution in [2.75, 3.05) is 11.5 Å². The first kappa shape index (κ1) is 15.2. The van der Waals surface area contributed by atoms with Gasteiger partial charge in [0.2, 0.25) is 0 Å². The van der Waals surface area contributed by atoms with Gasteiger partial charge in [-0.15, -0.1) is 11.3 Å². The molecule has 0 amide bonds. The summed E-state index contributed by atoms with van der Waals surface area (Å²) in [6, 6.07) is 12.6. The molecule has 1 unspecified atom stereocenters. The number of rotatable bonds is 4. The van der Waals surface area contributed by atoms with E-state index in [-0.39, 0.29) is 11.8 Å². The summed E-state index contributed by atoms with van der Waals surface area (Å²) >= 11 is 5.19. The van der Waals surface area contributed by atoms with Crippen LogP contribution in [0.1, 0.15) is 11.3 Å². The lowest BCUT2D eigenvalue weighted by Crippen LogP contribution is -2.29. The first-order valence-corrected chi connectivity index (χ1v) is 10.2. The minimum absolute atomic E-state index is 0.105. The molecule has 0 spiro atoms. The molecule has 0 radical (unpaired) electrons. The topological polar surface area (TPSA) is 46.2 Å². The predicted molar refractivity (Wildman–Crippen MR) is 91.4 cm³/mol. The van der Waals surface area contributed by atoms with Crippen molar-refractivity contribution >= 4 is 37.1 Å². The quantitative estimate of drug-likeness (QED) is 0.876. The van der Waals surface area contributed by atoms with Gasteiger partial charge in [-0.2, -0.15) is 0 Å². The number of hydrogen-bond donors (Lipinski definition) is 1. The Morgan fingerprint density at radius 3 is 2.62 bits per heavy atom. The lowest BCUT2D eigenvalue weighted by atomic mass is 10.2. The highest BCUT2D eigenvalue weighted by molar-refractivity contribution is 9.10. The Morgan fingerprint density at radius 2 is 1.95 bits per heavy atom. The van der Waals surface area contributed by atoms with Gasteiger partial charge in [0, 0.05) is 26.8 Å². The third kappa shape index (κ3) is 3.94. The van der Waals surface area contributed by atoms with E-state index in [1.54, 1.807) is 11.3 Å². The number of hydrogen-bond acceptors (Lipinski definition) is 4. The minimum atomic E-state index is -2.81. The van der Waals surface area contributed by atoms with Gasteiger partial charge in [-0.3, -0.25) is 0 Å². The lowest BCUT2D eigenvalue weighted by molar-refractivity contribution is 0.557. The highest BCUT2D eigenvalue weighted by Gasteiger charge is 2.27. The smallest absolute Gasteiger partial charge is 0.151 e. The summed E-state index contributed by atoms with van der Waals surface area (Å²) in [6.07, 6.45) is 0.729. The summed E-state index contributed by atoms with van der Waals surface area (Å²) in [6.45, 7) is 0.737. The van der Waals surface area contributed by atoms with Crippen LogP contribution in [0.15, 0.2) is 40.9 Å². The number of halogens is 1. The Bertz CT molecular complexity index is 722. The summed E-state index contributed by atoms with van der Waals surface area (Å²) < 4.78 is 23.9. The maximum atomic E-state index is 11.4. The Kier molecular flexibility index (Phi) is 4.49. The van der Waals surface area contributed by atoms with Crippen molar-refractivity contribution in [2.45, 2.75) is 19.0 Å². The molecule has 3 rings (SSSR count). The van der Waals surface area contributed by atoms with Gasteiger partial charge in [0.05, 0.1) is 11.5 Å². The molecular formula is C15H16BrNO2S2. The van der Waals surface area contributed by atoms with E-state index in [4.69, 9.17) is 0 Å². The molecule has 2 aromatic rings. The molecule has 3 nitrogen and oxygen atoms in total. The predicted octanol–water partition coefficient (Wildman–Crippen LogP) is 3.45. The molecule has 21 heavy (non-hydrogen) atoms. The molecule has 1 aromatic heterocycles. The molecule has 1 atom stereocenters. The third-order valence-corrected chi connectivity index (χ3v) is 7.02. The van der Waals surface area contributed by atoms with Gasteiger partial charge < -0.3 is 5.32 Å².